The van der Waals surface area contributed by atoms with E-state index < -0.39 is 16.4 Å². The molecule has 3 rings (SSSR count). The summed E-state index contributed by atoms with van der Waals surface area (Å²) in [4.78, 5) is 4.40. The lowest BCUT2D eigenvalue weighted by molar-refractivity contribution is -0.0505. The predicted molar refractivity (Wildman–Crippen MR) is 114 cm³/mol. The molecule has 12 heteroatoms. The quantitative estimate of drug-likeness (QED) is 0.307. The fourth-order valence-corrected chi connectivity index (χ4v) is 4.94. The van der Waals surface area contributed by atoms with Gasteiger partial charge in [0.25, 0.3) is 0 Å². The SMILES string of the molecule is CCNC(=NCc1cc2c(cc1OC(F)F)OCO2)NCC1CCS(=O)(=O)C1.I. The molecule has 0 aliphatic carbocycles. The second kappa shape index (κ2) is 10.5. The molecule has 2 heterocycles. The zero-order chi connectivity index (χ0) is 20.1. The zero-order valence-electron chi connectivity index (χ0n) is 15.8. The molecule has 164 valence electrons. The molecule has 1 aromatic carbocycles. The van der Waals surface area contributed by atoms with Gasteiger partial charge in [0.2, 0.25) is 6.79 Å². The van der Waals surface area contributed by atoms with Crippen LogP contribution in [0.1, 0.15) is 18.9 Å². The van der Waals surface area contributed by atoms with E-state index in [1.807, 2.05) is 6.92 Å². The normalized spacial score (nSPS) is 19.7. The van der Waals surface area contributed by atoms with Crippen LogP contribution < -0.4 is 24.8 Å². The third-order valence-electron chi connectivity index (χ3n) is 4.41. The topological polar surface area (TPSA) is 98.2 Å². The molecule has 0 radical (unpaired) electrons. The Hall–Kier alpha value is -1.57. The van der Waals surface area contributed by atoms with Crippen LogP contribution >= 0.6 is 24.0 Å². The molecule has 1 unspecified atom stereocenters. The van der Waals surface area contributed by atoms with Gasteiger partial charge in [-0.15, -0.1) is 24.0 Å². The zero-order valence-corrected chi connectivity index (χ0v) is 19.0. The summed E-state index contributed by atoms with van der Waals surface area (Å²) >= 11 is 0. The highest BCUT2D eigenvalue weighted by Crippen LogP contribution is 2.39. The van der Waals surface area contributed by atoms with E-state index in [2.05, 4.69) is 20.4 Å². The van der Waals surface area contributed by atoms with Gasteiger partial charge in [-0.2, -0.15) is 8.78 Å². The molecule has 0 amide bonds. The number of benzene rings is 1. The minimum absolute atomic E-state index is 0. The van der Waals surface area contributed by atoms with E-state index >= 15 is 0 Å². The van der Waals surface area contributed by atoms with Crippen molar-refractivity contribution in [2.75, 3.05) is 31.4 Å². The van der Waals surface area contributed by atoms with Crippen molar-refractivity contribution in [1.29, 1.82) is 0 Å². The Kier molecular flexibility index (Phi) is 8.55. The summed E-state index contributed by atoms with van der Waals surface area (Å²) in [7, 11) is -2.95. The Bertz CT molecular complexity index is 839. The number of hydrogen-bond donors (Lipinski definition) is 2. The monoisotopic (exact) mass is 547 g/mol. The number of sulfone groups is 1. The molecule has 1 fully saturated rings. The lowest BCUT2D eigenvalue weighted by atomic mass is 10.1. The van der Waals surface area contributed by atoms with E-state index in [9.17, 15) is 17.2 Å². The third-order valence-corrected chi connectivity index (χ3v) is 6.25. The van der Waals surface area contributed by atoms with E-state index in [0.29, 0.717) is 42.5 Å². The summed E-state index contributed by atoms with van der Waals surface area (Å²) in [5.41, 5.74) is 0.421. The predicted octanol–water partition coefficient (Wildman–Crippen LogP) is 2.12. The van der Waals surface area contributed by atoms with Gasteiger partial charge in [-0.25, -0.2) is 13.4 Å². The molecule has 1 aromatic rings. The summed E-state index contributed by atoms with van der Waals surface area (Å²) in [5, 5.41) is 6.17. The lowest BCUT2D eigenvalue weighted by Crippen LogP contribution is -2.40. The van der Waals surface area contributed by atoms with Crippen LogP contribution in [0.4, 0.5) is 8.78 Å². The van der Waals surface area contributed by atoms with Gasteiger partial charge in [-0.3, -0.25) is 0 Å². The fraction of sp³-hybridized carbons (Fsp3) is 0.588. The van der Waals surface area contributed by atoms with Crippen LogP contribution in [-0.4, -0.2) is 52.4 Å². The Morgan fingerprint density at radius 2 is 2.03 bits per heavy atom. The first-order valence-electron chi connectivity index (χ1n) is 8.96. The van der Waals surface area contributed by atoms with Crippen LogP contribution in [0.3, 0.4) is 0 Å². The number of alkyl halides is 2. The van der Waals surface area contributed by atoms with Crippen LogP contribution in [0.5, 0.6) is 17.2 Å². The molecular weight excluding hydrogens is 523 g/mol. The lowest BCUT2D eigenvalue weighted by Gasteiger charge is -2.15. The standard InChI is InChI=1S/C17H23F2N3O5S.HI/c1-2-20-17(21-7-11-3-4-28(23,24)9-11)22-8-12-5-14-15(26-10-25-14)6-13(12)27-16(18)19;/h5-6,11,16H,2-4,7-10H2,1H3,(H2,20,21,22);1H. The molecule has 2 N–H and O–H groups in total. The number of nitrogens with zero attached hydrogens (tertiary/aromatic N) is 1. The molecule has 1 atom stereocenters. The Balaban J connectivity index is 0.00000300. The minimum Gasteiger partial charge on any atom is -0.454 e. The number of nitrogens with one attached hydrogen (secondary N) is 2. The molecule has 0 saturated carbocycles. The minimum atomic E-state index is -2.97. The third kappa shape index (κ3) is 6.73. The van der Waals surface area contributed by atoms with Gasteiger partial charge in [-0.1, -0.05) is 0 Å². The van der Waals surface area contributed by atoms with Crippen molar-refractivity contribution in [2.45, 2.75) is 26.5 Å². The van der Waals surface area contributed by atoms with E-state index in [0.717, 1.165) is 0 Å². The summed E-state index contributed by atoms with van der Waals surface area (Å²) < 4.78 is 63.7. The van der Waals surface area contributed by atoms with Gasteiger partial charge >= 0.3 is 6.61 Å². The average molecular weight is 547 g/mol. The van der Waals surface area contributed by atoms with Crippen LogP contribution in [0, 0.1) is 5.92 Å². The number of guanidine groups is 1. The summed E-state index contributed by atoms with van der Waals surface area (Å²) in [5.74, 6) is 1.62. The summed E-state index contributed by atoms with van der Waals surface area (Å²) in [6, 6.07) is 2.93. The maximum atomic E-state index is 12.7. The maximum Gasteiger partial charge on any atom is 0.387 e. The van der Waals surface area contributed by atoms with Gasteiger partial charge in [-0.05, 0) is 25.3 Å². The number of halogens is 3. The molecule has 0 spiro atoms. The molecule has 0 aromatic heterocycles. The summed E-state index contributed by atoms with van der Waals surface area (Å²) in [6.07, 6.45) is 0.614. The van der Waals surface area contributed by atoms with Gasteiger partial charge in [0.15, 0.2) is 27.3 Å². The maximum absolute atomic E-state index is 12.7. The van der Waals surface area contributed by atoms with Crippen molar-refractivity contribution in [3.63, 3.8) is 0 Å². The van der Waals surface area contributed by atoms with Crippen LogP contribution in [0.25, 0.3) is 0 Å². The Morgan fingerprint density at radius 1 is 1.31 bits per heavy atom. The highest BCUT2D eigenvalue weighted by atomic mass is 127. The first-order valence-corrected chi connectivity index (χ1v) is 10.8. The number of aliphatic imine (C=N–C) groups is 1. The van der Waals surface area contributed by atoms with Crippen molar-refractivity contribution in [1.82, 2.24) is 10.6 Å². The highest BCUT2D eigenvalue weighted by molar-refractivity contribution is 14.0. The second-order valence-corrected chi connectivity index (χ2v) is 8.77. The van der Waals surface area contributed by atoms with E-state index in [4.69, 9.17) is 9.47 Å². The molecule has 2 aliphatic rings. The van der Waals surface area contributed by atoms with E-state index in [-0.39, 0.29) is 60.5 Å². The smallest absolute Gasteiger partial charge is 0.387 e. The van der Waals surface area contributed by atoms with Gasteiger partial charge in [0, 0.05) is 24.7 Å². The van der Waals surface area contributed by atoms with E-state index in [1.54, 1.807) is 6.07 Å². The molecular formula is C17H24F2IN3O5S. The molecule has 8 nitrogen and oxygen atoms in total. The Morgan fingerprint density at radius 3 is 2.66 bits per heavy atom. The molecule has 2 aliphatic heterocycles. The van der Waals surface area contributed by atoms with Crippen molar-refractivity contribution < 1.29 is 31.4 Å². The number of fused-ring (bicyclic) bond motifs is 1. The summed E-state index contributed by atoms with van der Waals surface area (Å²) in [6.45, 7) is 0.0621. The first-order chi connectivity index (χ1) is 13.4. The van der Waals surface area contributed by atoms with Crippen LogP contribution in [-0.2, 0) is 16.4 Å². The fourth-order valence-electron chi connectivity index (χ4n) is 3.07. The van der Waals surface area contributed by atoms with Crippen molar-refractivity contribution in [2.24, 2.45) is 10.9 Å². The van der Waals surface area contributed by atoms with Crippen molar-refractivity contribution in [3.05, 3.63) is 17.7 Å². The number of rotatable bonds is 7. The molecule has 0 bridgehead atoms. The number of ether oxygens (including phenoxy) is 3. The van der Waals surface area contributed by atoms with Crippen molar-refractivity contribution in [3.8, 4) is 17.2 Å². The van der Waals surface area contributed by atoms with Crippen LogP contribution in [0.15, 0.2) is 17.1 Å². The van der Waals surface area contributed by atoms with Crippen LogP contribution in [0.2, 0.25) is 0 Å². The highest BCUT2D eigenvalue weighted by Gasteiger charge is 2.27. The van der Waals surface area contributed by atoms with Gasteiger partial charge < -0.3 is 24.8 Å². The molecule has 1 saturated heterocycles. The Labute approximate surface area is 185 Å². The largest absolute Gasteiger partial charge is 0.454 e. The average Bonchev–Trinajstić information content (AvgIpc) is 3.21. The molecule has 29 heavy (non-hydrogen) atoms. The first kappa shape index (κ1) is 23.7. The second-order valence-electron chi connectivity index (χ2n) is 6.54. The van der Waals surface area contributed by atoms with Gasteiger partial charge in [0.1, 0.15) is 5.75 Å². The van der Waals surface area contributed by atoms with Gasteiger partial charge in [0.05, 0.1) is 18.1 Å². The van der Waals surface area contributed by atoms with E-state index in [1.165, 1.54) is 6.07 Å². The number of hydrogen-bond acceptors (Lipinski definition) is 6. The van der Waals surface area contributed by atoms with Crippen molar-refractivity contribution >= 4 is 39.8 Å².